The van der Waals surface area contributed by atoms with Crippen molar-refractivity contribution in [3.05, 3.63) is 0 Å². The first-order chi connectivity index (χ1) is 27.0. The third kappa shape index (κ3) is 38.4. The second-order valence-corrected chi connectivity index (χ2v) is 13.3. The predicted octanol–water partition coefficient (Wildman–Crippen LogP) is 1.82. The second-order valence-electron chi connectivity index (χ2n) is 13.3. The smallest absolute Gasteiger partial charge is 0.326 e. The largest absolute Gasteiger partial charge is 0.481 e. The number of rotatable bonds is 40. The molecule has 324 valence electrons. The van der Waals surface area contributed by atoms with Gasteiger partial charge in [0.25, 0.3) is 0 Å². The van der Waals surface area contributed by atoms with Crippen molar-refractivity contribution in [1.29, 1.82) is 0 Å². The summed E-state index contributed by atoms with van der Waals surface area (Å²) in [4.78, 5) is 80.8. The van der Waals surface area contributed by atoms with Crippen LogP contribution in [0.2, 0.25) is 0 Å². The van der Waals surface area contributed by atoms with Crippen LogP contribution in [0.15, 0.2) is 0 Å². The summed E-state index contributed by atoms with van der Waals surface area (Å²) in [6.45, 7) is 3.89. The van der Waals surface area contributed by atoms with Gasteiger partial charge in [0, 0.05) is 52.4 Å². The molecule has 0 aromatic carbocycles. The number of hydrogen-bond acceptors (Lipinski definition) is 11. The van der Waals surface area contributed by atoms with E-state index in [1.165, 1.54) is 26.2 Å². The van der Waals surface area contributed by atoms with Crippen LogP contribution in [-0.4, -0.2) is 137 Å². The van der Waals surface area contributed by atoms with E-state index in [9.17, 15) is 38.7 Å². The van der Waals surface area contributed by atoms with Crippen molar-refractivity contribution in [2.45, 2.75) is 122 Å². The number of carbonyl (C=O) groups is 7. The second kappa shape index (κ2) is 38.0. The van der Waals surface area contributed by atoms with Gasteiger partial charge in [-0.2, -0.15) is 0 Å². The summed E-state index contributed by atoms with van der Waals surface area (Å²) in [5, 5.41) is 31.2. The molecule has 18 heteroatoms. The van der Waals surface area contributed by atoms with E-state index < -0.39 is 18.0 Å². The van der Waals surface area contributed by atoms with Gasteiger partial charge in [-0.05, 0) is 25.7 Å². The Bertz CT molecular complexity index is 1100. The number of ether oxygens (including phenoxy) is 4. The lowest BCUT2D eigenvalue weighted by molar-refractivity contribution is -0.142. The molecule has 0 radical (unpaired) electrons. The Labute approximate surface area is 331 Å². The Morgan fingerprint density at radius 1 is 0.446 bits per heavy atom. The van der Waals surface area contributed by atoms with Gasteiger partial charge in [-0.15, -0.1) is 0 Å². The molecule has 0 saturated heterocycles. The lowest BCUT2D eigenvalue weighted by atomic mass is 10.0. The highest BCUT2D eigenvalue weighted by Crippen LogP contribution is 2.13. The molecule has 0 aromatic heterocycles. The molecule has 0 unspecified atom stereocenters. The van der Waals surface area contributed by atoms with E-state index in [1.54, 1.807) is 0 Å². The Kier molecular flexibility index (Phi) is 35.4. The summed E-state index contributed by atoms with van der Waals surface area (Å²) in [6.07, 6.45) is 13.3. The van der Waals surface area contributed by atoms with Gasteiger partial charge in [-0.3, -0.25) is 28.8 Å². The molecule has 0 rings (SSSR count). The average molecular weight is 804 g/mol. The number of carbonyl (C=O) groups excluding carboxylic acids is 5. The van der Waals surface area contributed by atoms with E-state index in [2.05, 4.69) is 26.6 Å². The average Bonchev–Trinajstić information content (AvgIpc) is 3.14. The molecule has 0 saturated carbocycles. The van der Waals surface area contributed by atoms with Crippen molar-refractivity contribution < 1.29 is 62.7 Å². The Morgan fingerprint density at radius 2 is 0.875 bits per heavy atom. The van der Waals surface area contributed by atoms with Gasteiger partial charge in [-0.25, -0.2) is 4.79 Å². The first-order valence-corrected chi connectivity index (χ1v) is 20.1. The van der Waals surface area contributed by atoms with Crippen LogP contribution < -0.4 is 26.6 Å². The molecule has 7 N–H and O–H groups in total. The molecule has 18 nitrogen and oxygen atoms in total. The number of nitrogens with one attached hydrogen (secondary N) is 5. The molecule has 0 aliphatic rings. The summed E-state index contributed by atoms with van der Waals surface area (Å²) in [5.74, 6) is -3.31. The number of unbranched alkanes of at least 4 members (excludes halogenated alkanes) is 11. The zero-order chi connectivity index (χ0) is 41.5. The first kappa shape index (κ1) is 52.1. The number of carboxylic acid groups (broad SMARTS) is 2. The highest BCUT2D eigenvalue weighted by molar-refractivity contribution is 5.84. The van der Waals surface area contributed by atoms with Gasteiger partial charge in [-0.1, -0.05) is 64.2 Å². The highest BCUT2D eigenvalue weighted by Gasteiger charge is 2.20. The normalized spacial score (nSPS) is 11.4. The number of amides is 5. The number of carboxylic acids is 2. The van der Waals surface area contributed by atoms with Crippen LogP contribution in [0.3, 0.4) is 0 Å². The van der Waals surface area contributed by atoms with Gasteiger partial charge < -0.3 is 55.7 Å². The SMILES string of the molecule is CC(=O)NCCCNC(=O)COCCOCCNC(=O)COCCOCCNC(=O)CC[C@H](NC(=O)CCCCCCCCCCCCCCC(=O)O)C(=O)O. The maximum absolute atomic E-state index is 12.3. The fraction of sp³-hybridized carbons (Fsp3) is 0.816. The van der Waals surface area contributed by atoms with Crippen LogP contribution >= 0.6 is 0 Å². The fourth-order valence-corrected chi connectivity index (χ4v) is 5.19. The maximum atomic E-state index is 12.3. The molecular formula is C38H69N5O13. The fourth-order valence-electron chi connectivity index (χ4n) is 5.19. The predicted molar refractivity (Wildman–Crippen MR) is 207 cm³/mol. The molecule has 0 heterocycles. The van der Waals surface area contributed by atoms with Crippen molar-refractivity contribution in [2.75, 3.05) is 79.0 Å². The maximum Gasteiger partial charge on any atom is 0.326 e. The summed E-state index contributed by atoms with van der Waals surface area (Å²) in [7, 11) is 0. The first-order valence-electron chi connectivity index (χ1n) is 20.1. The van der Waals surface area contributed by atoms with E-state index in [4.69, 9.17) is 24.1 Å². The topological polar surface area (TPSA) is 257 Å². The lowest BCUT2D eigenvalue weighted by Gasteiger charge is -2.14. The van der Waals surface area contributed by atoms with Crippen molar-refractivity contribution in [1.82, 2.24) is 26.6 Å². The highest BCUT2D eigenvalue weighted by atomic mass is 16.5. The Balaban J connectivity index is 3.65. The molecule has 0 aliphatic carbocycles. The molecule has 0 spiro atoms. The monoisotopic (exact) mass is 803 g/mol. The van der Waals surface area contributed by atoms with E-state index >= 15 is 0 Å². The third-order valence-electron chi connectivity index (χ3n) is 8.24. The van der Waals surface area contributed by atoms with E-state index in [-0.39, 0.29) is 121 Å². The quantitative estimate of drug-likeness (QED) is 0.0437. The van der Waals surface area contributed by atoms with Gasteiger partial charge in [0.1, 0.15) is 19.3 Å². The van der Waals surface area contributed by atoms with Crippen LogP contribution in [0.1, 0.15) is 116 Å². The molecular weight excluding hydrogens is 734 g/mol. The van der Waals surface area contributed by atoms with Gasteiger partial charge in [0.2, 0.25) is 29.5 Å². The summed E-state index contributed by atoms with van der Waals surface area (Å²) in [5.41, 5.74) is 0. The molecule has 56 heavy (non-hydrogen) atoms. The summed E-state index contributed by atoms with van der Waals surface area (Å²) < 4.78 is 21.2. The molecule has 0 aliphatic heterocycles. The van der Waals surface area contributed by atoms with Crippen LogP contribution in [-0.2, 0) is 52.5 Å². The Hall–Kier alpha value is -3.87. The van der Waals surface area contributed by atoms with Crippen LogP contribution in [0.5, 0.6) is 0 Å². The van der Waals surface area contributed by atoms with Gasteiger partial charge in [0.05, 0.1) is 39.6 Å². The lowest BCUT2D eigenvalue weighted by Crippen LogP contribution is -2.41. The van der Waals surface area contributed by atoms with Crippen LogP contribution in [0.4, 0.5) is 0 Å². The third-order valence-corrected chi connectivity index (χ3v) is 8.24. The summed E-state index contributed by atoms with van der Waals surface area (Å²) in [6, 6.07) is -1.14. The van der Waals surface area contributed by atoms with Gasteiger partial charge in [0.15, 0.2) is 0 Å². The standard InChI is InChI=1S/C38H69N5O13/c1-31(44)39-19-14-20-40-35(47)29-55-27-26-54-24-22-42-36(48)30-56-28-25-53-23-21-41-33(45)18-17-32(38(51)52)43-34(46)15-12-10-8-6-4-2-3-5-7-9-11-13-16-37(49)50/h32H,2-30H2,1H3,(H,39,44)(H,40,47)(H,41,45)(H,42,48)(H,43,46)(H,49,50)(H,51,52)/t32-/m0/s1. The molecule has 5 amide bonds. The Morgan fingerprint density at radius 3 is 1.36 bits per heavy atom. The number of aliphatic carboxylic acids is 2. The van der Waals surface area contributed by atoms with Crippen molar-refractivity contribution in [2.24, 2.45) is 0 Å². The minimum atomic E-state index is -1.19. The van der Waals surface area contributed by atoms with Crippen molar-refractivity contribution in [3.63, 3.8) is 0 Å². The molecule has 1 atom stereocenters. The van der Waals surface area contributed by atoms with E-state index in [0.29, 0.717) is 25.9 Å². The van der Waals surface area contributed by atoms with E-state index in [0.717, 1.165) is 51.4 Å². The van der Waals surface area contributed by atoms with Crippen LogP contribution in [0.25, 0.3) is 0 Å². The minimum Gasteiger partial charge on any atom is -0.481 e. The minimum absolute atomic E-state index is 0.0306. The zero-order valence-electron chi connectivity index (χ0n) is 33.5. The van der Waals surface area contributed by atoms with Crippen molar-refractivity contribution >= 4 is 41.5 Å². The number of hydrogen-bond donors (Lipinski definition) is 7. The molecule has 0 aromatic rings. The van der Waals surface area contributed by atoms with E-state index in [1.807, 2.05) is 0 Å². The van der Waals surface area contributed by atoms with Crippen molar-refractivity contribution in [3.8, 4) is 0 Å². The van der Waals surface area contributed by atoms with Gasteiger partial charge >= 0.3 is 11.9 Å². The zero-order valence-corrected chi connectivity index (χ0v) is 33.5. The molecule has 0 bridgehead atoms. The van der Waals surface area contributed by atoms with Crippen LogP contribution in [0, 0.1) is 0 Å². The molecule has 0 fully saturated rings. The summed E-state index contributed by atoms with van der Waals surface area (Å²) >= 11 is 0.